The minimum absolute atomic E-state index is 0.0798. The molecule has 0 atom stereocenters. The summed E-state index contributed by atoms with van der Waals surface area (Å²) in [5, 5.41) is 11.9. The van der Waals surface area contributed by atoms with E-state index < -0.39 is 0 Å². The number of ether oxygens (including phenoxy) is 3. The van der Waals surface area contributed by atoms with Crippen LogP contribution in [-0.2, 0) is 0 Å². The minimum Gasteiger partial charge on any atom is -0.497 e. The first-order chi connectivity index (χ1) is 25.1. The fourth-order valence-corrected chi connectivity index (χ4v) is 5.08. The van der Waals surface area contributed by atoms with Gasteiger partial charge in [-0.25, -0.2) is 4.98 Å². The Morgan fingerprint density at radius 2 is 1.26 bits per heavy atom. The van der Waals surface area contributed by atoms with Gasteiger partial charge in [0.15, 0.2) is 6.19 Å². The lowest BCUT2D eigenvalue weighted by Crippen LogP contribution is -2.30. The Morgan fingerprint density at radius 1 is 0.774 bits per heavy atom. The minimum atomic E-state index is -0.0798. The van der Waals surface area contributed by atoms with Crippen molar-refractivity contribution in [2.45, 2.75) is 20.8 Å². The maximum atomic E-state index is 12.1. The van der Waals surface area contributed by atoms with E-state index in [-0.39, 0.29) is 11.5 Å². The van der Waals surface area contributed by atoms with E-state index in [1.54, 1.807) is 47.6 Å². The number of carbonyl (C=O) groups is 1. The highest BCUT2D eigenvalue weighted by atomic mass is 35.5. The summed E-state index contributed by atoms with van der Waals surface area (Å²) >= 11 is 6.12. The van der Waals surface area contributed by atoms with E-state index in [0.717, 1.165) is 69.3 Å². The van der Waals surface area contributed by atoms with E-state index >= 15 is 0 Å². The highest BCUT2D eigenvalue weighted by Gasteiger charge is 2.15. The number of methoxy groups -OCH3 is 3. The van der Waals surface area contributed by atoms with Gasteiger partial charge in [-0.05, 0) is 104 Å². The quantitative estimate of drug-likeness (QED) is 0.100. The predicted octanol–water partition coefficient (Wildman–Crippen LogP) is 7.08. The largest absolute Gasteiger partial charge is 0.497 e. The van der Waals surface area contributed by atoms with Gasteiger partial charge in [0.2, 0.25) is 0 Å². The topological polar surface area (TPSA) is 127 Å². The molecule has 0 saturated carbocycles. The molecule has 284 valence electrons. The average molecular weight is 746 g/mol. The molecule has 0 aliphatic rings. The highest BCUT2D eigenvalue weighted by Crippen LogP contribution is 2.29. The number of rotatable bonds is 8. The average Bonchev–Trinajstić information content (AvgIpc) is 3.15. The third-order valence-corrected chi connectivity index (χ3v) is 8.16. The van der Waals surface area contributed by atoms with Crippen molar-refractivity contribution >= 4 is 50.7 Å². The molecule has 0 unspecified atom stereocenters. The van der Waals surface area contributed by atoms with Gasteiger partial charge in [-0.15, -0.1) is 0 Å². The van der Waals surface area contributed by atoms with Crippen molar-refractivity contribution in [1.82, 2.24) is 19.8 Å². The van der Waals surface area contributed by atoms with Crippen molar-refractivity contribution in [1.29, 1.82) is 5.26 Å². The van der Waals surface area contributed by atoms with Gasteiger partial charge in [-0.3, -0.25) is 9.59 Å². The third-order valence-electron chi connectivity index (χ3n) is 7.87. The number of fused-ring (bicyclic) bond motifs is 2. The molecule has 0 bridgehead atoms. The number of nitriles is 1. The molecule has 1 amide bonds. The number of hydrogen-bond acceptors (Lipinski definition) is 10. The van der Waals surface area contributed by atoms with Crippen LogP contribution in [0.4, 0.5) is 11.6 Å². The molecule has 5 aromatic rings. The van der Waals surface area contributed by atoms with E-state index in [4.69, 9.17) is 31.1 Å². The predicted molar refractivity (Wildman–Crippen MR) is 217 cm³/mol. The Labute approximate surface area is 318 Å². The Morgan fingerprint density at radius 3 is 1.72 bits per heavy atom. The number of anilines is 2. The van der Waals surface area contributed by atoms with Crippen LogP contribution in [0, 0.1) is 18.4 Å². The van der Waals surface area contributed by atoms with E-state index in [0.29, 0.717) is 10.5 Å². The van der Waals surface area contributed by atoms with Crippen molar-refractivity contribution < 1.29 is 19.0 Å². The van der Waals surface area contributed by atoms with E-state index in [9.17, 15) is 9.59 Å². The van der Waals surface area contributed by atoms with E-state index in [1.807, 2.05) is 124 Å². The lowest BCUT2D eigenvalue weighted by molar-refractivity contribution is 0.0772. The molecular weight excluding hydrogens is 694 g/mol. The van der Waals surface area contributed by atoms with Crippen LogP contribution >= 0.6 is 11.6 Å². The molecule has 2 heterocycles. The normalized spacial score (nSPS) is 9.89. The fraction of sp³-hybridized carbons (Fsp3) is 0.350. The molecule has 1 N–H and O–H groups in total. The zero-order valence-electron chi connectivity index (χ0n) is 32.9. The van der Waals surface area contributed by atoms with Crippen LogP contribution in [0.3, 0.4) is 0 Å². The van der Waals surface area contributed by atoms with Gasteiger partial charge in [0.05, 0.1) is 21.3 Å². The monoisotopic (exact) mass is 745 g/mol. The van der Waals surface area contributed by atoms with Gasteiger partial charge in [-0.1, -0.05) is 11.6 Å². The molecule has 13 heteroatoms. The Kier molecular flexibility index (Phi) is 17.2. The molecule has 0 fully saturated rings. The zero-order chi connectivity index (χ0) is 39.8. The van der Waals surface area contributed by atoms with Crippen LogP contribution in [0.25, 0.3) is 21.5 Å². The molecular formula is C40H52ClN7O5. The molecule has 0 aliphatic heterocycles. The molecule has 12 nitrogen and oxygen atoms in total. The molecule has 5 rings (SSSR count). The smallest absolute Gasteiger partial charge is 0.257 e. The standard InChI is InChI=1S/C13H19NO2.C12H13ClN2O.C12H14N2O2.C3H6N2/c1-5-14(6-2)13(15)12-8-7-11(16-4)9-10(12)3;1-15(2)11-7-8-6-9(16-3)4-5-10(8)12(13)14-11;1-14(2)11-7-8-6-9(16-3)4-5-10(8)12(15)13-11;1-5(2)3-4/h7-9H,5-6H2,1-4H3;4-7H,1-3H3;4-7H,1-3H3,(H,13,15);1-2H3. The number of amides is 1. The van der Waals surface area contributed by atoms with Crippen molar-refractivity contribution in [2.75, 3.05) is 86.5 Å². The molecule has 0 aliphatic carbocycles. The number of H-pyrrole nitrogens is 1. The lowest BCUT2D eigenvalue weighted by Gasteiger charge is -2.19. The summed E-state index contributed by atoms with van der Waals surface area (Å²) in [6.45, 7) is 7.38. The van der Waals surface area contributed by atoms with Crippen LogP contribution in [0.5, 0.6) is 17.2 Å². The maximum Gasteiger partial charge on any atom is 0.257 e. The second-order valence-electron chi connectivity index (χ2n) is 12.2. The van der Waals surface area contributed by atoms with Gasteiger partial charge in [0.25, 0.3) is 11.5 Å². The van der Waals surface area contributed by atoms with Crippen LogP contribution < -0.4 is 29.6 Å². The summed E-state index contributed by atoms with van der Waals surface area (Å²) in [5.41, 5.74) is 1.63. The second kappa shape index (κ2) is 21.0. The number of pyridine rings is 2. The molecule has 0 saturated heterocycles. The Balaban J connectivity index is 0.000000258. The third kappa shape index (κ3) is 12.5. The second-order valence-corrected chi connectivity index (χ2v) is 12.6. The summed E-state index contributed by atoms with van der Waals surface area (Å²) < 4.78 is 15.4. The molecule has 0 radical (unpaired) electrons. The fourth-order valence-electron chi connectivity index (χ4n) is 4.82. The number of aryl methyl sites for hydroxylation is 1. The van der Waals surface area contributed by atoms with Crippen LogP contribution in [0.15, 0.2) is 71.5 Å². The number of nitrogens with zero attached hydrogens (tertiary/aromatic N) is 6. The number of carbonyl (C=O) groups excluding carboxylic acids is 1. The Hall–Kier alpha value is -5.67. The number of halogens is 1. The summed E-state index contributed by atoms with van der Waals surface area (Å²) in [5.74, 6) is 4.07. The van der Waals surface area contributed by atoms with Crippen LogP contribution in [0.1, 0.15) is 29.8 Å². The van der Waals surface area contributed by atoms with Crippen LogP contribution in [0.2, 0.25) is 5.15 Å². The van der Waals surface area contributed by atoms with Crippen molar-refractivity contribution in [3.63, 3.8) is 0 Å². The number of nitrogens with one attached hydrogen (secondary N) is 1. The zero-order valence-corrected chi connectivity index (χ0v) is 33.6. The van der Waals surface area contributed by atoms with Crippen molar-refractivity contribution in [3.8, 4) is 23.4 Å². The summed E-state index contributed by atoms with van der Waals surface area (Å²) in [7, 11) is 15.9. The SMILES string of the molecule is CCN(CC)C(=O)c1ccc(OC)cc1C.CN(C)C#N.COc1ccc2c(=O)[nH]c(N(C)C)cc2c1.COc1ccc2c(Cl)nc(N(C)C)cc2c1. The maximum absolute atomic E-state index is 12.1. The first-order valence-electron chi connectivity index (χ1n) is 16.8. The Bertz CT molecular complexity index is 2050. The van der Waals surface area contributed by atoms with Gasteiger partial charge >= 0.3 is 0 Å². The number of hydrogen-bond donors (Lipinski definition) is 1. The molecule has 53 heavy (non-hydrogen) atoms. The van der Waals surface area contributed by atoms with E-state index in [1.165, 1.54) is 4.90 Å². The summed E-state index contributed by atoms with van der Waals surface area (Å²) in [6.07, 6.45) is 1.86. The lowest BCUT2D eigenvalue weighted by atomic mass is 10.1. The highest BCUT2D eigenvalue weighted by molar-refractivity contribution is 6.34. The number of benzene rings is 3. The van der Waals surface area contributed by atoms with E-state index in [2.05, 4.69) is 9.97 Å². The van der Waals surface area contributed by atoms with Gasteiger partial charge < -0.3 is 38.8 Å². The molecule has 3 aromatic carbocycles. The summed E-state index contributed by atoms with van der Waals surface area (Å²) in [4.78, 5) is 38.0. The van der Waals surface area contributed by atoms with Gasteiger partial charge in [0, 0.05) is 71.7 Å². The number of aromatic amines is 1. The van der Waals surface area contributed by atoms with Crippen molar-refractivity contribution in [3.05, 3.63) is 93.4 Å². The van der Waals surface area contributed by atoms with Gasteiger partial charge in [-0.2, -0.15) is 5.26 Å². The first kappa shape index (κ1) is 43.5. The molecule has 2 aromatic heterocycles. The van der Waals surface area contributed by atoms with Crippen LogP contribution in [-0.4, -0.2) is 102 Å². The first-order valence-corrected chi connectivity index (χ1v) is 17.2. The van der Waals surface area contributed by atoms with Gasteiger partial charge in [0.1, 0.15) is 34.0 Å². The number of aromatic nitrogens is 2. The summed E-state index contributed by atoms with van der Waals surface area (Å²) in [6, 6.07) is 20.6. The van der Waals surface area contributed by atoms with Crippen molar-refractivity contribution in [2.24, 2.45) is 0 Å². The molecule has 0 spiro atoms.